The van der Waals surface area contributed by atoms with Crippen molar-refractivity contribution in [1.29, 1.82) is 0 Å². The van der Waals surface area contributed by atoms with Crippen LogP contribution in [0.15, 0.2) is 18.5 Å². The van der Waals surface area contributed by atoms with Crippen molar-refractivity contribution in [2.24, 2.45) is 0 Å². The van der Waals surface area contributed by atoms with Gasteiger partial charge in [0.2, 0.25) is 0 Å². The predicted molar refractivity (Wildman–Crippen MR) is 61.3 cm³/mol. The van der Waals surface area contributed by atoms with E-state index in [0.717, 1.165) is 4.90 Å². The van der Waals surface area contributed by atoms with Gasteiger partial charge < -0.3 is 19.8 Å². The van der Waals surface area contributed by atoms with Gasteiger partial charge in [0, 0.05) is 19.9 Å². The van der Waals surface area contributed by atoms with Crippen LogP contribution in [0.1, 0.15) is 10.4 Å². The summed E-state index contributed by atoms with van der Waals surface area (Å²) >= 11 is 0. The molecule has 0 bridgehead atoms. The highest BCUT2D eigenvalue weighted by Crippen LogP contribution is 2.11. The zero-order valence-corrected chi connectivity index (χ0v) is 9.87. The van der Waals surface area contributed by atoms with Crippen molar-refractivity contribution in [3.8, 4) is 5.75 Å². The van der Waals surface area contributed by atoms with Gasteiger partial charge in [0.1, 0.15) is 12.3 Å². The number of hydrogen-bond acceptors (Lipinski definition) is 5. The number of nitrogens with zero attached hydrogens (tertiary/aromatic N) is 2. The Morgan fingerprint density at radius 3 is 2.72 bits per heavy atom. The van der Waals surface area contributed by atoms with Crippen LogP contribution in [0.5, 0.6) is 5.75 Å². The highest BCUT2D eigenvalue weighted by molar-refractivity contribution is 5.95. The van der Waals surface area contributed by atoms with Crippen LogP contribution in [-0.4, -0.2) is 58.8 Å². The van der Waals surface area contributed by atoms with Gasteiger partial charge in [-0.15, -0.1) is 0 Å². The molecule has 1 aromatic rings. The average molecular weight is 254 g/mol. The van der Waals surface area contributed by atoms with E-state index < -0.39 is 18.4 Å². The molecule has 98 valence electrons. The third-order valence-corrected chi connectivity index (χ3v) is 2.15. The highest BCUT2D eigenvalue weighted by Gasteiger charge is 2.18. The summed E-state index contributed by atoms with van der Waals surface area (Å²) in [5, 5.41) is 18.0. The molecule has 0 fully saturated rings. The first-order valence-electron chi connectivity index (χ1n) is 5.18. The largest absolute Gasteiger partial charge is 0.506 e. The van der Waals surface area contributed by atoms with Gasteiger partial charge in [0.15, 0.2) is 0 Å². The van der Waals surface area contributed by atoms with E-state index in [1.807, 2.05) is 0 Å². The molecule has 0 aliphatic carbocycles. The number of carboxylic acids is 1. The Bertz CT molecular complexity index is 435. The minimum Gasteiger partial charge on any atom is -0.506 e. The SMILES string of the molecule is COCCN(CC(=O)O)C(=O)c1cncc(O)c1. The Morgan fingerprint density at radius 1 is 1.44 bits per heavy atom. The molecule has 0 atom stereocenters. The van der Waals surface area contributed by atoms with E-state index >= 15 is 0 Å². The van der Waals surface area contributed by atoms with Crippen molar-refractivity contribution in [2.75, 3.05) is 26.8 Å². The molecule has 1 rings (SSSR count). The lowest BCUT2D eigenvalue weighted by molar-refractivity contribution is -0.137. The first kappa shape index (κ1) is 13.9. The zero-order chi connectivity index (χ0) is 13.5. The molecule has 7 heteroatoms. The Morgan fingerprint density at radius 2 is 2.17 bits per heavy atom. The fourth-order valence-electron chi connectivity index (χ4n) is 1.34. The van der Waals surface area contributed by atoms with Crippen molar-refractivity contribution in [1.82, 2.24) is 9.88 Å². The molecule has 0 radical (unpaired) electrons. The number of ether oxygens (including phenoxy) is 1. The van der Waals surface area contributed by atoms with Crippen LogP contribution in [0.3, 0.4) is 0 Å². The van der Waals surface area contributed by atoms with Crippen LogP contribution in [0.4, 0.5) is 0 Å². The second kappa shape index (κ2) is 6.55. The number of pyridine rings is 1. The number of methoxy groups -OCH3 is 1. The third-order valence-electron chi connectivity index (χ3n) is 2.15. The number of carboxylic acid groups (broad SMARTS) is 1. The van der Waals surface area contributed by atoms with E-state index in [0.29, 0.717) is 0 Å². The summed E-state index contributed by atoms with van der Waals surface area (Å²) in [4.78, 5) is 27.5. The van der Waals surface area contributed by atoms with Gasteiger partial charge in [-0.25, -0.2) is 0 Å². The van der Waals surface area contributed by atoms with Gasteiger partial charge in [-0.05, 0) is 6.07 Å². The van der Waals surface area contributed by atoms with Crippen molar-refractivity contribution in [2.45, 2.75) is 0 Å². The standard InChI is InChI=1S/C11H14N2O5/c1-18-3-2-13(7-10(15)16)11(17)8-4-9(14)6-12-5-8/h4-6,14H,2-3,7H2,1H3,(H,15,16). The van der Waals surface area contributed by atoms with E-state index in [-0.39, 0.29) is 24.5 Å². The Hall–Kier alpha value is -2.15. The lowest BCUT2D eigenvalue weighted by atomic mass is 10.2. The maximum atomic E-state index is 12.0. The number of amides is 1. The van der Waals surface area contributed by atoms with Crippen LogP contribution in [0.25, 0.3) is 0 Å². The molecule has 0 aromatic carbocycles. The first-order chi connectivity index (χ1) is 8.54. The quantitative estimate of drug-likeness (QED) is 0.739. The van der Waals surface area contributed by atoms with E-state index in [9.17, 15) is 14.7 Å². The molecule has 0 saturated heterocycles. The fraction of sp³-hybridized carbons (Fsp3) is 0.364. The maximum absolute atomic E-state index is 12.0. The number of carbonyl (C=O) groups excluding carboxylic acids is 1. The van der Waals surface area contributed by atoms with Gasteiger partial charge >= 0.3 is 5.97 Å². The van der Waals surface area contributed by atoms with Crippen LogP contribution in [-0.2, 0) is 9.53 Å². The number of aromatic hydroxyl groups is 1. The number of aliphatic carboxylic acids is 1. The molecule has 1 amide bonds. The summed E-state index contributed by atoms with van der Waals surface area (Å²) in [5.74, 6) is -1.78. The van der Waals surface area contributed by atoms with Gasteiger partial charge in [-0.3, -0.25) is 14.6 Å². The minimum absolute atomic E-state index is 0.132. The molecule has 0 aliphatic rings. The summed E-state index contributed by atoms with van der Waals surface area (Å²) in [7, 11) is 1.46. The zero-order valence-electron chi connectivity index (χ0n) is 9.87. The topological polar surface area (TPSA) is 100.0 Å². The van der Waals surface area contributed by atoms with Crippen LogP contribution < -0.4 is 0 Å². The molecular weight excluding hydrogens is 240 g/mol. The molecule has 1 aromatic heterocycles. The molecule has 7 nitrogen and oxygen atoms in total. The highest BCUT2D eigenvalue weighted by atomic mass is 16.5. The van der Waals surface area contributed by atoms with E-state index in [4.69, 9.17) is 9.84 Å². The predicted octanol–water partition coefficient (Wildman–Crippen LogP) is -0.0396. The summed E-state index contributed by atoms with van der Waals surface area (Å²) in [6, 6.07) is 1.23. The molecule has 1 heterocycles. The van der Waals surface area contributed by atoms with Crippen LogP contribution in [0.2, 0.25) is 0 Å². The lowest BCUT2D eigenvalue weighted by Crippen LogP contribution is -2.38. The normalized spacial score (nSPS) is 10.1. The molecule has 18 heavy (non-hydrogen) atoms. The maximum Gasteiger partial charge on any atom is 0.323 e. The van der Waals surface area contributed by atoms with Gasteiger partial charge in [0.25, 0.3) is 5.91 Å². The van der Waals surface area contributed by atoms with Gasteiger partial charge in [0.05, 0.1) is 18.4 Å². The summed E-state index contributed by atoms with van der Waals surface area (Å²) in [6.45, 7) is -0.0552. The molecular formula is C11H14N2O5. The van der Waals surface area contributed by atoms with Crippen molar-refractivity contribution < 1.29 is 24.5 Å². The minimum atomic E-state index is -1.12. The fourth-order valence-corrected chi connectivity index (χ4v) is 1.34. The van der Waals surface area contributed by atoms with Crippen molar-refractivity contribution in [3.05, 3.63) is 24.0 Å². The Labute approximate surface area is 104 Å². The molecule has 0 spiro atoms. The van der Waals surface area contributed by atoms with E-state index in [2.05, 4.69) is 4.98 Å². The number of carbonyl (C=O) groups is 2. The van der Waals surface area contributed by atoms with Gasteiger partial charge in [-0.1, -0.05) is 0 Å². The molecule has 0 saturated carbocycles. The monoisotopic (exact) mass is 254 g/mol. The number of aromatic nitrogens is 1. The Kier molecular flexibility index (Phi) is 5.06. The van der Waals surface area contributed by atoms with Crippen LogP contribution in [0, 0.1) is 0 Å². The molecule has 0 unspecified atom stereocenters. The average Bonchev–Trinajstić information content (AvgIpc) is 2.33. The molecule has 0 aliphatic heterocycles. The van der Waals surface area contributed by atoms with E-state index in [1.165, 1.54) is 25.6 Å². The summed E-state index contributed by atoms with van der Waals surface area (Å²) < 4.78 is 4.81. The van der Waals surface area contributed by atoms with Crippen molar-refractivity contribution in [3.63, 3.8) is 0 Å². The second-order valence-electron chi connectivity index (χ2n) is 3.55. The number of rotatable bonds is 6. The summed E-state index contributed by atoms with van der Waals surface area (Å²) in [6.07, 6.45) is 2.46. The molecule has 2 N–H and O–H groups in total. The van der Waals surface area contributed by atoms with Crippen molar-refractivity contribution >= 4 is 11.9 Å². The first-order valence-corrected chi connectivity index (χ1v) is 5.18. The van der Waals surface area contributed by atoms with Crippen LogP contribution >= 0.6 is 0 Å². The number of hydrogen-bond donors (Lipinski definition) is 2. The summed E-state index contributed by atoms with van der Waals surface area (Å²) in [5.41, 5.74) is 0.132. The second-order valence-corrected chi connectivity index (χ2v) is 3.55. The van der Waals surface area contributed by atoms with E-state index in [1.54, 1.807) is 0 Å². The third kappa shape index (κ3) is 4.02. The Balaban J connectivity index is 2.83. The van der Waals surface area contributed by atoms with Gasteiger partial charge in [-0.2, -0.15) is 0 Å². The smallest absolute Gasteiger partial charge is 0.323 e. The lowest BCUT2D eigenvalue weighted by Gasteiger charge is -2.20.